The largest absolute Gasteiger partial charge is 0.493 e. The van der Waals surface area contributed by atoms with Crippen molar-refractivity contribution in [2.24, 2.45) is 5.11 Å². The van der Waals surface area contributed by atoms with Crippen LogP contribution < -0.4 is 9.47 Å². The van der Waals surface area contributed by atoms with Crippen molar-refractivity contribution in [3.8, 4) is 11.5 Å². The maximum atomic E-state index is 12.1. The Morgan fingerprint density at radius 2 is 1.74 bits per heavy atom. The molecule has 6 heteroatoms. The summed E-state index contributed by atoms with van der Waals surface area (Å²) in [5.41, 5.74) is 9.79. The Bertz CT molecular complexity index is 690. The highest BCUT2D eigenvalue weighted by molar-refractivity contribution is 5.91. The van der Waals surface area contributed by atoms with Gasteiger partial charge in [0.1, 0.15) is 11.5 Å². The number of carbonyl (C=O) groups excluding carboxylic acids is 1. The van der Waals surface area contributed by atoms with Gasteiger partial charge in [-0.3, -0.25) is 0 Å². The second-order valence-corrected chi connectivity index (χ2v) is 4.71. The van der Waals surface area contributed by atoms with Crippen molar-refractivity contribution in [3.05, 3.63) is 70.1 Å². The minimum absolute atomic E-state index is 0.258. The lowest BCUT2D eigenvalue weighted by molar-refractivity contribution is 0.0734. The molecule has 0 saturated carbocycles. The van der Waals surface area contributed by atoms with E-state index in [-0.39, 0.29) is 13.2 Å². The highest BCUT2D eigenvalue weighted by Gasteiger charge is 2.08. The predicted octanol–water partition coefficient (Wildman–Crippen LogP) is 4.16. The third-order valence-corrected chi connectivity index (χ3v) is 3.16. The van der Waals surface area contributed by atoms with Gasteiger partial charge in [-0.1, -0.05) is 24.2 Å². The minimum Gasteiger partial charge on any atom is -0.493 e. The predicted molar refractivity (Wildman–Crippen MR) is 86.7 cm³/mol. The van der Waals surface area contributed by atoms with Crippen LogP contribution in [0.2, 0.25) is 0 Å². The lowest BCUT2D eigenvalue weighted by Gasteiger charge is -2.07. The molecule has 0 amide bonds. The first-order chi connectivity index (χ1) is 11.2. The van der Waals surface area contributed by atoms with Crippen molar-refractivity contribution in [2.45, 2.75) is 13.3 Å². The molecule has 0 saturated heterocycles. The molecule has 0 spiro atoms. The van der Waals surface area contributed by atoms with E-state index in [2.05, 4.69) is 16.9 Å². The van der Waals surface area contributed by atoms with E-state index < -0.39 is 5.97 Å². The summed E-state index contributed by atoms with van der Waals surface area (Å²) in [4.78, 5) is 14.7. The summed E-state index contributed by atoms with van der Waals surface area (Å²) in [7, 11) is 0. The molecule has 0 aliphatic rings. The highest BCUT2D eigenvalue weighted by atomic mass is 16.5. The summed E-state index contributed by atoms with van der Waals surface area (Å²) in [5.74, 6) is 0.693. The van der Waals surface area contributed by atoms with Crippen molar-refractivity contribution >= 4 is 5.97 Å². The summed E-state index contributed by atoms with van der Waals surface area (Å²) in [5, 5.41) is 3.37. The molecule has 0 aliphatic heterocycles. The van der Waals surface area contributed by atoms with Gasteiger partial charge < -0.3 is 9.47 Å². The molecule has 6 nitrogen and oxygen atoms in total. The van der Waals surface area contributed by atoms with Gasteiger partial charge in [-0.15, -0.1) is 0 Å². The van der Waals surface area contributed by atoms with Crippen LogP contribution >= 0.6 is 0 Å². The average molecular weight is 311 g/mol. The van der Waals surface area contributed by atoms with Crippen LogP contribution in [0.5, 0.6) is 11.5 Å². The molecule has 23 heavy (non-hydrogen) atoms. The van der Waals surface area contributed by atoms with Crippen molar-refractivity contribution in [1.82, 2.24) is 0 Å². The summed E-state index contributed by atoms with van der Waals surface area (Å²) in [6.07, 6.45) is 0.940. The van der Waals surface area contributed by atoms with Crippen molar-refractivity contribution in [2.75, 3.05) is 13.2 Å². The van der Waals surface area contributed by atoms with Gasteiger partial charge in [0.15, 0.2) is 0 Å². The van der Waals surface area contributed by atoms with Gasteiger partial charge in [0.25, 0.3) is 0 Å². The first-order valence-corrected chi connectivity index (χ1v) is 7.27. The number of ether oxygens (including phenoxy) is 2. The van der Waals surface area contributed by atoms with Crippen LogP contribution in [0.1, 0.15) is 22.8 Å². The van der Waals surface area contributed by atoms with E-state index in [1.165, 1.54) is 5.56 Å². The zero-order valence-corrected chi connectivity index (χ0v) is 12.8. The quantitative estimate of drug-likeness (QED) is 0.192. The second-order valence-electron chi connectivity index (χ2n) is 4.71. The summed E-state index contributed by atoms with van der Waals surface area (Å²) in [6.45, 7) is 2.61. The number of hydrogen-bond acceptors (Lipinski definition) is 4. The van der Waals surface area contributed by atoms with Gasteiger partial charge in [-0.25, -0.2) is 4.79 Å². The number of rotatable bonds is 7. The van der Waals surface area contributed by atoms with Crippen molar-refractivity contribution in [3.63, 3.8) is 0 Å². The Balaban J connectivity index is 1.92. The average Bonchev–Trinajstić information content (AvgIpc) is 2.60. The SMILES string of the molecule is CCc1ccc(OC(=O)c2ccc(OCCN=[N+]=[N-])cc2)cc1. The van der Waals surface area contributed by atoms with Crippen molar-refractivity contribution < 1.29 is 14.3 Å². The third-order valence-electron chi connectivity index (χ3n) is 3.16. The second kappa shape index (κ2) is 8.46. The zero-order valence-electron chi connectivity index (χ0n) is 12.8. The van der Waals surface area contributed by atoms with E-state index >= 15 is 0 Å². The van der Waals surface area contributed by atoms with E-state index in [0.29, 0.717) is 17.1 Å². The maximum absolute atomic E-state index is 12.1. The normalized spacial score (nSPS) is 9.78. The fraction of sp³-hybridized carbons (Fsp3) is 0.235. The van der Waals surface area contributed by atoms with Gasteiger partial charge in [0.05, 0.1) is 18.7 Å². The lowest BCUT2D eigenvalue weighted by Crippen LogP contribution is -2.08. The first kappa shape index (κ1) is 16.4. The monoisotopic (exact) mass is 311 g/mol. The zero-order chi connectivity index (χ0) is 16.5. The summed E-state index contributed by atoms with van der Waals surface area (Å²) >= 11 is 0. The van der Waals surface area contributed by atoms with E-state index in [9.17, 15) is 4.79 Å². The van der Waals surface area contributed by atoms with Crippen LogP contribution in [0.4, 0.5) is 0 Å². The van der Waals surface area contributed by atoms with Crippen LogP contribution in [0.3, 0.4) is 0 Å². The number of aryl methyl sites for hydroxylation is 1. The van der Waals surface area contributed by atoms with Crippen LogP contribution in [0.25, 0.3) is 10.4 Å². The molecular weight excluding hydrogens is 294 g/mol. The topological polar surface area (TPSA) is 84.3 Å². The molecule has 0 unspecified atom stereocenters. The highest BCUT2D eigenvalue weighted by Crippen LogP contribution is 2.17. The molecule has 0 bridgehead atoms. The number of carbonyl (C=O) groups is 1. The minimum atomic E-state index is -0.421. The first-order valence-electron chi connectivity index (χ1n) is 7.27. The third kappa shape index (κ3) is 5.05. The Morgan fingerprint density at radius 3 is 2.35 bits per heavy atom. The molecule has 118 valence electrons. The molecule has 0 aliphatic carbocycles. The Labute approximate surface area is 134 Å². The smallest absolute Gasteiger partial charge is 0.343 e. The number of esters is 1. The fourth-order valence-electron chi connectivity index (χ4n) is 1.90. The Hall–Kier alpha value is -2.98. The molecule has 0 heterocycles. The Morgan fingerprint density at radius 1 is 1.09 bits per heavy atom. The van der Waals surface area contributed by atoms with Gasteiger partial charge in [-0.2, -0.15) is 0 Å². The molecule has 0 atom stereocenters. The van der Waals surface area contributed by atoms with Gasteiger partial charge >= 0.3 is 5.97 Å². The van der Waals surface area contributed by atoms with E-state index in [1.54, 1.807) is 36.4 Å². The summed E-state index contributed by atoms with van der Waals surface area (Å²) < 4.78 is 10.7. The Kier molecular flexibility index (Phi) is 6.03. The molecule has 0 fully saturated rings. The number of nitrogens with zero attached hydrogens (tertiary/aromatic N) is 3. The van der Waals surface area contributed by atoms with Gasteiger partial charge in [-0.05, 0) is 53.9 Å². The molecule has 2 aromatic carbocycles. The van der Waals surface area contributed by atoms with E-state index in [0.717, 1.165) is 6.42 Å². The molecule has 0 N–H and O–H groups in total. The van der Waals surface area contributed by atoms with E-state index in [4.69, 9.17) is 15.0 Å². The van der Waals surface area contributed by atoms with Crippen LogP contribution in [0.15, 0.2) is 53.6 Å². The molecule has 0 radical (unpaired) electrons. The number of benzene rings is 2. The lowest BCUT2D eigenvalue weighted by atomic mass is 10.2. The van der Waals surface area contributed by atoms with Crippen LogP contribution in [0, 0.1) is 0 Å². The molecule has 0 aromatic heterocycles. The molecular formula is C17H17N3O3. The fourth-order valence-corrected chi connectivity index (χ4v) is 1.90. The van der Waals surface area contributed by atoms with Crippen molar-refractivity contribution in [1.29, 1.82) is 0 Å². The molecule has 2 rings (SSSR count). The number of azide groups is 1. The number of hydrogen-bond donors (Lipinski definition) is 0. The van der Waals surface area contributed by atoms with Gasteiger partial charge in [0, 0.05) is 4.91 Å². The van der Waals surface area contributed by atoms with E-state index in [1.807, 2.05) is 12.1 Å². The van der Waals surface area contributed by atoms with Crippen LogP contribution in [-0.2, 0) is 6.42 Å². The van der Waals surface area contributed by atoms with Crippen LogP contribution in [-0.4, -0.2) is 19.1 Å². The standard InChI is InChI=1S/C17H17N3O3/c1-2-13-3-7-16(8-4-13)23-17(21)14-5-9-15(10-6-14)22-12-11-19-20-18/h3-10H,2,11-12H2,1H3. The summed E-state index contributed by atoms with van der Waals surface area (Å²) in [6, 6.07) is 14.0. The molecule has 2 aromatic rings. The van der Waals surface area contributed by atoms with Gasteiger partial charge in [0.2, 0.25) is 0 Å². The maximum Gasteiger partial charge on any atom is 0.343 e.